The minimum Gasteiger partial charge on any atom is -0.455 e. The summed E-state index contributed by atoms with van der Waals surface area (Å²) in [6.07, 6.45) is 0. The van der Waals surface area contributed by atoms with Gasteiger partial charge in [-0.1, -0.05) is 41.4 Å². The van der Waals surface area contributed by atoms with Crippen LogP contribution in [-0.2, 0) is 6.61 Å². The predicted molar refractivity (Wildman–Crippen MR) is 80.8 cm³/mol. The number of aliphatic hydroxyl groups excluding tert-OH is 1. The number of halogens is 2. The Bertz CT molecular complexity index is 753. The summed E-state index contributed by atoms with van der Waals surface area (Å²) in [5.74, 6) is 1.15. The fourth-order valence-electron chi connectivity index (χ4n) is 2.04. The van der Waals surface area contributed by atoms with Crippen molar-refractivity contribution in [1.82, 2.24) is 4.98 Å². The van der Waals surface area contributed by atoms with Gasteiger partial charge in [-0.2, -0.15) is 0 Å². The molecule has 0 spiro atoms. The highest BCUT2D eigenvalue weighted by Gasteiger charge is 2.15. The monoisotopic (exact) mass is 307 g/mol. The molecule has 3 rings (SSSR count). The van der Waals surface area contributed by atoms with Crippen LogP contribution in [0, 0.1) is 0 Å². The van der Waals surface area contributed by atoms with E-state index >= 15 is 0 Å². The second-order valence-corrected chi connectivity index (χ2v) is 5.12. The molecular formula is C15H11Cl2NO2. The van der Waals surface area contributed by atoms with Crippen LogP contribution in [0.15, 0.2) is 42.5 Å². The van der Waals surface area contributed by atoms with Crippen molar-refractivity contribution in [3.05, 3.63) is 58.2 Å². The van der Waals surface area contributed by atoms with E-state index in [2.05, 4.69) is 4.98 Å². The van der Waals surface area contributed by atoms with Gasteiger partial charge in [-0.15, -0.1) is 0 Å². The Morgan fingerprint density at radius 1 is 1.10 bits per heavy atom. The van der Waals surface area contributed by atoms with Crippen molar-refractivity contribution in [1.29, 1.82) is 0 Å². The first kappa shape index (κ1) is 13.3. The molecule has 0 atom stereocenters. The zero-order valence-corrected chi connectivity index (χ0v) is 11.9. The summed E-state index contributed by atoms with van der Waals surface area (Å²) < 4.78 is 5.84. The molecule has 0 saturated heterocycles. The molecule has 102 valence electrons. The fraction of sp³-hybridized carbons (Fsp3) is 0.0667. The summed E-state index contributed by atoms with van der Waals surface area (Å²) in [4.78, 5) is 3.07. The highest BCUT2D eigenvalue weighted by atomic mass is 35.5. The Labute approximate surface area is 125 Å². The molecule has 0 radical (unpaired) electrons. The quantitative estimate of drug-likeness (QED) is 0.733. The van der Waals surface area contributed by atoms with Gasteiger partial charge in [0.2, 0.25) is 0 Å². The average molecular weight is 308 g/mol. The molecule has 0 aliphatic heterocycles. The third-order valence-corrected chi connectivity index (χ3v) is 3.73. The van der Waals surface area contributed by atoms with Gasteiger partial charge in [-0.05, 0) is 24.3 Å². The molecule has 0 unspecified atom stereocenters. The number of rotatable bonds is 3. The van der Waals surface area contributed by atoms with Gasteiger partial charge in [-0.25, -0.2) is 0 Å². The lowest BCUT2D eigenvalue weighted by Crippen LogP contribution is -1.87. The van der Waals surface area contributed by atoms with Crippen molar-refractivity contribution in [3.63, 3.8) is 0 Å². The summed E-state index contributed by atoms with van der Waals surface area (Å²) in [6, 6.07) is 12.8. The Morgan fingerprint density at radius 3 is 2.55 bits per heavy atom. The molecule has 1 heterocycles. The van der Waals surface area contributed by atoms with Crippen LogP contribution in [0.2, 0.25) is 10.0 Å². The van der Waals surface area contributed by atoms with E-state index in [1.807, 2.05) is 30.3 Å². The van der Waals surface area contributed by atoms with Gasteiger partial charge in [0, 0.05) is 11.1 Å². The van der Waals surface area contributed by atoms with Gasteiger partial charge in [0.05, 0.1) is 17.1 Å². The van der Waals surface area contributed by atoms with Crippen molar-refractivity contribution in [2.75, 3.05) is 0 Å². The third kappa shape index (κ3) is 2.36. The van der Waals surface area contributed by atoms with E-state index in [9.17, 15) is 5.11 Å². The number of ether oxygens (including phenoxy) is 1. The minimum atomic E-state index is -0.0886. The van der Waals surface area contributed by atoms with Crippen molar-refractivity contribution in [3.8, 4) is 11.5 Å². The standard InChI is InChI=1S/C15H11Cl2NO2/c16-12-7-13-11(6-9(8-19)18-13)15(14(12)17)20-10-4-2-1-3-5-10/h1-7,18-19H,8H2. The zero-order chi connectivity index (χ0) is 14.1. The Hall–Kier alpha value is -1.68. The number of nitrogens with one attached hydrogen (secondary N) is 1. The van der Waals surface area contributed by atoms with Crippen molar-refractivity contribution in [2.24, 2.45) is 0 Å². The molecule has 2 aromatic carbocycles. The second-order valence-electron chi connectivity index (χ2n) is 4.33. The number of benzene rings is 2. The predicted octanol–water partition coefficient (Wildman–Crippen LogP) is 4.76. The van der Waals surface area contributed by atoms with Crippen molar-refractivity contribution >= 4 is 34.1 Å². The van der Waals surface area contributed by atoms with Crippen molar-refractivity contribution < 1.29 is 9.84 Å². The normalized spacial score (nSPS) is 10.9. The minimum absolute atomic E-state index is 0.0886. The van der Waals surface area contributed by atoms with Gasteiger partial charge in [0.1, 0.15) is 10.8 Å². The van der Waals surface area contributed by atoms with E-state index in [-0.39, 0.29) is 6.61 Å². The molecule has 1 aromatic heterocycles. The molecule has 0 aliphatic carbocycles. The van der Waals surface area contributed by atoms with E-state index in [4.69, 9.17) is 27.9 Å². The van der Waals surface area contributed by atoms with Gasteiger partial charge in [0.15, 0.2) is 5.75 Å². The molecule has 0 fully saturated rings. The molecule has 0 saturated carbocycles. The van der Waals surface area contributed by atoms with Crippen LogP contribution in [-0.4, -0.2) is 10.1 Å². The average Bonchev–Trinajstić information content (AvgIpc) is 2.87. The van der Waals surface area contributed by atoms with Crippen LogP contribution in [0.5, 0.6) is 11.5 Å². The topological polar surface area (TPSA) is 45.2 Å². The number of aromatic amines is 1. The molecule has 0 aliphatic rings. The van der Waals surface area contributed by atoms with Crippen LogP contribution < -0.4 is 4.74 Å². The number of aromatic nitrogens is 1. The second kappa shape index (κ2) is 5.37. The Morgan fingerprint density at radius 2 is 1.85 bits per heavy atom. The molecule has 0 bridgehead atoms. The number of aliphatic hydroxyl groups is 1. The number of hydrogen-bond donors (Lipinski definition) is 2. The van der Waals surface area contributed by atoms with E-state index in [1.165, 1.54) is 0 Å². The lowest BCUT2D eigenvalue weighted by molar-refractivity contribution is 0.278. The molecular weight excluding hydrogens is 297 g/mol. The van der Waals surface area contributed by atoms with Crippen LogP contribution in [0.1, 0.15) is 5.69 Å². The third-order valence-electron chi connectivity index (χ3n) is 2.96. The first-order valence-electron chi connectivity index (χ1n) is 6.02. The SMILES string of the molecule is OCc1cc2c(Oc3ccccc3)c(Cl)c(Cl)cc2[nH]1. The fourth-order valence-corrected chi connectivity index (χ4v) is 2.43. The van der Waals surface area contributed by atoms with Crippen LogP contribution in [0.3, 0.4) is 0 Å². The number of hydrogen-bond acceptors (Lipinski definition) is 2. The summed E-state index contributed by atoms with van der Waals surface area (Å²) in [5.41, 5.74) is 1.45. The molecule has 0 amide bonds. The first-order valence-corrected chi connectivity index (χ1v) is 6.78. The summed E-state index contributed by atoms with van der Waals surface area (Å²) in [5, 5.41) is 10.8. The zero-order valence-electron chi connectivity index (χ0n) is 10.4. The summed E-state index contributed by atoms with van der Waals surface area (Å²) in [7, 11) is 0. The van der Waals surface area contributed by atoms with Gasteiger partial charge >= 0.3 is 0 Å². The summed E-state index contributed by atoms with van der Waals surface area (Å²) >= 11 is 12.4. The van der Waals surface area contributed by atoms with E-state index < -0.39 is 0 Å². The maximum absolute atomic E-state index is 9.22. The van der Waals surface area contributed by atoms with Gasteiger partial charge in [0.25, 0.3) is 0 Å². The maximum atomic E-state index is 9.22. The van der Waals surface area contributed by atoms with Crippen LogP contribution in [0.4, 0.5) is 0 Å². The molecule has 20 heavy (non-hydrogen) atoms. The van der Waals surface area contributed by atoms with Gasteiger partial charge < -0.3 is 14.8 Å². The lowest BCUT2D eigenvalue weighted by Gasteiger charge is -2.10. The van der Waals surface area contributed by atoms with E-state index in [1.54, 1.807) is 12.1 Å². The van der Waals surface area contributed by atoms with Crippen molar-refractivity contribution in [2.45, 2.75) is 6.61 Å². The van der Waals surface area contributed by atoms with Crippen LogP contribution in [0.25, 0.3) is 10.9 Å². The Balaban J connectivity index is 2.17. The number of fused-ring (bicyclic) bond motifs is 1. The Kier molecular flexibility index (Phi) is 3.57. The number of para-hydroxylation sites is 1. The lowest BCUT2D eigenvalue weighted by atomic mass is 10.2. The molecule has 5 heteroatoms. The van der Waals surface area contributed by atoms with Gasteiger partial charge in [-0.3, -0.25) is 0 Å². The molecule has 3 nitrogen and oxygen atoms in total. The maximum Gasteiger partial charge on any atom is 0.156 e. The summed E-state index contributed by atoms with van der Waals surface area (Å²) in [6.45, 7) is -0.0886. The number of H-pyrrole nitrogens is 1. The highest BCUT2D eigenvalue weighted by Crippen LogP contribution is 2.41. The van der Waals surface area contributed by atoms with E-state index in [0.717, 1.165) is 10.9 Å². The first-order chi connectivity index (χ1) is 9.69. The van der Waals surface area contributed by atoms with Crippen LogP contribution >= 0.6 is 23.2 Å². The smallest absolute Gasteiger partial charge is 0.156 e. The largest absolute Gasteiger partial charge is 0.455 e. The highest BCUT2D eigenvalue weighted by molar-refractivity contribution is 6.44. The van der Waals surface area contributed by atoms with E-state index in [0.29, 0.717) is 27.2 Å². The molecule has 2 N–H and O–H groups in total. The molecule has 3 aromatic rings.